The van der Waals surface area contributed by atoms with E-state index in [1.165, 1.54) is 19.3 Å². The van der Waals surface area contributed by atoms with E-state index in [0.29, 0.717) is 17.8 Å². The molecule has 0 spiro atoms. The molecule has 0 atom stereocenters. The minimum Gasteiger partial charge on any atom is -0.459 e. The Morgan fingerprint density at radius 1 is 1.16 bits per heavy atom. The van der Waals surface area contributed by atoms with E-state index >= 15 is 0 Å². The predicted molar refractivity (Wildman–Crippen MR) is 62.2 cm³/mol. The molecule has 0 heterocycles. The molecule has 0 unspecified atom stereocenters. The number of carbonyl (C=O) groups excluding carboxylic acids is 1. The van der Waals surface area contributed by atoms with Crippen LogP contribution in [0.25, 0.3) is 0 Å². The number of hydrogen-bond donors (Lipinski definition) is 0. The van der Waals surface area contributed by atoms with Crippen LogP contribution >= 0.6 is 0 Å². The first-order valence-electron chi connectivity index (χ1n) is 6.91. The monoisotopic (exact) mass is 281 g/mol. The van der Waals surface area contributed by atoms with Crippen molar-refractivity contribution in [3.8, 4) is 0 Å². The first-order valence-corrected chi connectivity index (χ1v) is 6.91. The molecular formula is C14H20F2NaO2+. The number of halogens is 2. The van der Waals surface area contributed by atoms with Crippen LogP contribution in [-0.4, -0.2) is 18.5 Å². The van der Waals surface area contributed by atoms with Crippen molar-refractivity contribution < 1.29 is 47.9 Å². The first-order chi connectivity index (χ1) is 8.36. The Kier molecular flexibility index (Phi) is 4.36. The molecule has 0 aliphatic heterocycles. The van der Waals surface area contributed by atoms with Crippen LogP contribution in [0.3, 0.4) is 0 Å². The maximum Gasteiger partial charge on any atom is 1.00 e. The summed E-state index contributed by atoms with van der Waals surface area (Å²) in [5, 5.41) is 0. The molecule has 4 saturated carbocycles. The average Bonchev–Trinajstić information content (AvgIpc) is 2.22. The molecule has 0 saturated heterocycles. The molecule has 0 radical (unpaired) electrons. The van der Waals surface area contributed by atoms with Gasteiger partial charge in [0.05, 0.1) is 5.41 Å². The van der Waals surface area contributed by atoms with Gasteiger partial charge in [-0.05, 0) is 56.3 Å². The van der Waals surface area contributed by atoms with Crippen LogP contribution in [0.1, 0.15) is 45.4 Å². The largest absolute Gasteiger partial charge is 1.00 e. The molecule has 19 heavy (non-hydrogen) atoms. The summed E-state index contributed by atoms with van der Waals surface area (Å²) in [5.74, 6) is -1.39. The molecule has 0 aromatic rings. The first kappa shape index (κ1) is 15.7. The van der Waals surface area contributed by atoms with Gasteiger partial charge in [-0.1, -0.05) is 0 Å². The Morgan fingerprint density at radius 2 is 1.58 bits per heavy atom. The zero-order chi connectivity index (χ0) is 13.0. The van der Waals surface area contributed by atoms with Crippen molar-refractivity contribution in [2.45, 2.75) is 51.4 Å². The van der Waals surface area contributed by atoms with E-state index in [0.717, 1.165) is 26.2 Å². The van der Waals surface area contributed by atoms with E-state index < -0.39 is 17.9 Å². The van der Waals surface area contributed by atoms with Gasteiger partial charge in [0.25, 0.3) is 5.92 Å². The Bertz CT molecular complexity index is 330. The molecule has 0 amide bonds. The van der Waals surface area contributed by atoms with Gasteiger partial charge >= 0.3 is 35.5 Å². The zero-order valence-electron chi connectivity index (χ0n) is 11.8. The Hall–Kier alpha value is 0.330. The van der Waals surface area contributed by atoms with Crippen molar-refractivity contribution in [1.82, 2.24) is 0 Å². The van der Waals surface area contributed by atoms with E-state index in [4.69, 9.17) is 4.74 Å². The second-order valence-corrected chi connectivity index (χ2v) is 6.84. The molecular weight excluding hydrogens is 261 g/mol. The molecule has 4 aliphatic carbocycles. The number of ether oxygens (including phenoxy) is 1. The van der Waals surface area contributed by atoms with E-state index in [9.17, 15) is 13.6 Å². The minimum atomic E-state index is -2.92. The quantitative estimate of drug-likeness (QED) is 0.553. The van der Waals surface area contributed by atoms with Crippen LogP contribution in [0.2, 0.25) is 0 Å². The number of carbonyl (C=O) groups is 1. The second-order valence-electron chi connectivity index (χ2n) is 6.84. The van der Waals surface area contributed by atoms with E-state index in [2.05, 4.69) is 0 Å². The topological polar surface area (TPSA) is 26.3 Å². The fraction of sp³-hybridized carbons (Fsp3) is 0.929. The molecule has 4 fully saturated rings. The van der Waals surface area contributed by atoms with Crippen molar-refractivity contribution in [3.63, 3.8) is 0 Å². The van der Waals surface area contributed by atoms with Crippen molar-refractivity contribution in [2.75, 3.05) is 6.61 Å². The van der Waals surface area contributed by atoms with Crippen molar-refractivity contribution in [2.24, 2.45) is 23.2 Å². The van der Waals surface area contributed by atoms with Gasteiger partial charge in [0.2, 0.25) is 0 Å². The molecule has 4 bridgehead atoms. The third-order valence-corrected chi connectivity index (χ3v) is 4.93. The predicted octanol–water partition coefficient (Wildman–Crippen LogP) is 0.405. The fourth-order valence-electron chi connectivity index (χ4n) is 4.71. The summed E-state index contributed by atoms with van der Waals surface area (Å²) in [6, 6.07) is 0. The Labute approximate surface area is 134 Å². The number of esters is 1. The molecule has 5 heteroatoms. The second kappa shape index (κ2) is 5.27. The van der Waals surface area contributed by atoms with Crippen LogP contribution in [0, 0.1) is 23.2 Å². The van der Waals surface area contributed by atoms with Crippen LogP contribution in [0.5, 0.6) is 0 Å². The van der Waals surface area contributed by atoms with E-state index in [1.54, 1.807) is 0 Å². The van der Waals surface area contributed by atoms with Crippen LogP contribution < -0.4 is 29.6 Å². The van der Waals surface area contributed by atoms with E-state index in [1.807, 2.05) is 0 Å². The maximum atomic E-state index is 12.8. The van der Waals surface area contributed by atoms with Gasteiger partial charge in [0.15, 0.2) is 6.61 Å². The molecule has 0 aromatic carbocycles. The molecule has 4 aliphatic rings. The number of hydrogen-bond acceptors (Lipinski definition) is 2. The summed E-state index contributed by atoms with van der Waals surface area (Å²) in [6.07, 6.45) is 6.30. The summed E-state index contributed by atoms with van der Waals surface area (Å²) >= 11 is 0. The van der Waals surface area contributed by atoms with Gasteiger partial charge in [-0.15, -0.1) is 0 Å². The van der Waals surface area contributed by atoms with Crippen molar-refractivity contribution in [3.05, 3.63) is 0 Å². The van der Waals surface area contributed by atoms with E-state index in [-0.39, 0.29) is 35.5 Å². The SMILES string of the molecule is CC(F)(F)COC(=O)C12CC3CC(CC(C3)C1)C2.[Na+]. The smallest absolute Gasteiger partial charge is 0.459 e. The summed E-state index contributed by atoms with van der Waals surface area (Å²) in [5.41, 5.74) is -0.417. The van der Waals surface area contributed by atoms with Crippen molar-refractivity contribution in [1.29, 1.82) is 0 Å². The molecule has 2 nitrogen and oxygen atoms in total. The fourth-order valence-corrected chi connectivity index (χ4v) is 4.71. The van der Waals surface area contributed by atoms with Gasteiger partial charge in [-0.2, -0.15) is 0 Å². The average molecular weight is 281 g/mol. The standard InChI is InChI=1S/C14H20F2O2.Na/c1-13(15,16)8-18-12(17)14-5-9-2-10(6-14)4-11(3-9)7-14;/h9-11H,2-8H2,1H3;/q;+1. The molecule has 0 N–H and O–H groups in total. The third kappa shape index (κ3) is 3.16. The zero-order valence-corrected chi connectivity index (χ0v) is 13.8. The Morgan fingerprint density at radius 3 is 1.95 bits per heavy atom. The molecule has 102 valence electrons. The van der Waals surface area contributed by atoms with Gasteiger partial charge in [0.1, 0.15) is 0 Å². The van der Waals surface area contributed by atoms with Crippen LogP contribution in [-0.2, 0) is 9.53 Å². The molecule has 4 rings (SSSR count). The minimum absolute atomic E-state index is 0. The van der Waals surface area contributed by atoms with Gasteiger partial charge < -0.3 is 4.74 Å². The molecule has 0 aromatic heterocycles. The summed E-state index contributed by atoms with van der Waals surface area (Å²) < 4.78 is 30.5. The van der Waals surface area contributed by atoms with Crippen LogP contribution in [0.15, 0.2) is 0 Å². The summed E-state index contributed by atoms with van der Waals surface area (Å²) in [7, 11) is 0. The van der Waals surface area contributed by atoms with Gasteiger partial charge in [0, 0.05) is 6.92 Å². The summed E-state index contributed by atoms with van der Waals surface area (Å²) in [6.45, 7) is 0.0214. The van der Waals surface area contributed by atoms with Crippen LogP contribution in [0.4, 0.5) is 8.78 Å². The third-order valence-electron chi connectivity index (χ3n) is 4.93. The maximum absolute atomic E-state index is 12.8. The van der Waals surface area contributed by atoms with Gasteiger partial charge in [-0.25, -0.2) is 8.78 Å². The van der Waals surface area contributed by atoms with Gasteiger partial charge in [-0.3, -0.25) is 4.79 Å². The number of rotatable bonds is 3. The number of alkyl halides is 2. The van der Waals surface area contributed by atoms with Crippen molar-refractivity contribution >= 4 is 5.97 Å². The normalized spacial score (nSPS) is 39.8. The Balaban J connectivity index is 0.00000133. The summed E-state index contributed by atoms with van der Waals surface area (Å²) in [4.78, 5) is 12.2.